The number of carbonyl (C=O) groups is 2. The monoisotopic (exact) mass is 444 g/mol. The molecule has 28 heavy (non-hydrogen) atoms. The molecule has 152 valence electrons. The van der Waals surface area contributed by atoms with E-state index in [-0.39, 0.29) is 41.7 Å². The second-order valence-electron chi connectivity index (χ2n) is 6.57. The molecule has 0 aliphatic carbocycles. The largest absolute Gasteiger partial charge is 0.351 e. The highest BCUT2D eigenvalue weighted by Crippen LogP contribution is 2.22. The van der Waals surface area contributed by atoms with Gasteiger partial charge in [0.05, 0.1) is 34.8 Å². The smallest absolute Gasteiger partial charge is 0.239 e. The molecule has 1 fully saturated rings. The van der Waals surface area contributed by atoms with Gasteiger partial charge in [0.2, 0.25) is 11.8 Å². The molecule has 2 N–H and O–H groups in total. The Morgan fingerprint density at radius 2 is 2.21 bits per heavy atom. The summed E-state index contributed by atoms with van der Waals surface area (Å²) in [5.74, 6) is -0.355. The molecule has 2 aromatic rings. The zero-order chi connectivity index (χ0) is 20.3. The van der Waals surface area contributed by atoms with Gasteiger partial charge in [0.1, 0.15) is 0 Å². The minimum atomic E-state index is -3.06. The number of thioether (sulfide) groups is 1. The zero-order valence-corrected chi connectivity index (χ0v) is 17.7. The normalized spacial score (nSPS) is 18.3. The Hall–Kier alpha value is -1.78. The Balaban J connectivity index is 1.51. The van der Waals surface area contributed by atoms with Gasteiger partial charge in [0.25, 0.3) is 0 Å². The molecule has 1 aromatic heterocycles. The summed E-state index contributed by atoms with van der Waals surface area (Å²) >= 11 is 7.21. The van der Waals surface area contributed by atoms with Crippen LogP contribution in [0.1, 0.15) is 13.3 Å². The van der Waals surface area contributed by atoms with Crippen molar-refractivity contribution in [3.05, 3.63) is 23.2 Å². The lowest BCUT2D eigenvalue weighted by Crippen LogP contribution is -2.45. The second kappa shape index (κ2) is 8.71. The SMILES string of the molecule is CCN(CC(=O)NC1CCS(=O)(=O)C1)C(=O)CSc1nc2ccc(Cl)cc2[nH]1. The van der Waals surface area contributed by atoms with E-state index in [1.807, 2.05) is 0 Å². The van der Waals surface area contributed by atoms with Crippen LogP contribution < -0.4 is 5.32 Å². The fourth-order valence-electron chi connectivity index (χ4n) is 2.98. The quantitative estimate of drug-likeness (QED) is 0.625. The average Bonchev–Trinajstić information content (AvgIpc) is 3.19. The van der Waals surface area contributed by atoms with Crippen LogP contribution in [0.25, 0.3) is 11.0 Å². The van der Waals surface area contributed by atoms with Crippen LogP contribution in [-0.4, -0.2) is 71.5 Å². The summed E-state index contributed by atoms with van der Waals surface area (Å²) in [6, 6.07) is 4.94. The molecule has 8 nitrogen and oxygen atoms in total. The van der Waals surface area contributed by atoms with Crippen LogP contribution in [-0.2, 0) is 19.4 Å². The number of nitrogens with one attached hydrogen (secondary N) is 2. The number of hydrogen-bond acceptors (Lipinski definition) is 6. The van der Waals surface area contributed by atoms with Crippen LogP contribution in [0.2, 0.25) is 5.02 Å². The first-order valence-electron chi connectivity index (χ1n) is 8.81. The van der Waals surface area contributed by atoms with Crippen molar-refractivity contribution < 1.29 is 18.0 Å². The highest BCUT2D eigenvalue weighted by atomic mass is 35.5. The molecule has 1 unspecified atom stereocenters. The molecule has 3 rings (SSSR count). The highest BCUT2D eigenvalue weighted by Gasteiger charge is 2.29. The predicted octanol–water partition coefficient (Wildman–Crippen LogP) is 1.46. The molecule has 11 heteroatoms. The van der Waals surface area contributed by atoms with Gasteiger partial charge in [-0.1, -0.05) is 23.4 Å². The van der Waals surface area contributed by atoms with Crippen molar-refractivity contribution >= 4 is 56.0 Å². The van der Waals surface area contributed by atoms with E-state index in [9.17, 15) is 18.0 Å². The summed E-state index contributed by atoms with van der Waals surface area (Å²) < 4.78 is 23.0. The van der Waals surface area contributed by atoms with E-state index >= 15 is 0 Å². The molecule has 2 heterocycles. The van der Waals surface area contributed by atoms with E-state index in [0.717, 1.165) is 11.0 Å². The Morgan fingerprint density at radius 1 is 1.43 bits per heavy atom. The zero-order valence-electron chi connectivity index (χ0n) is 15.3. The molecule has 0 radical (unpaired) electrons. The van der Waals surface area contributed by atoms with Crippen molar-refractivity contribution in [3.63, 3.8) is 0 Å². The van der Waals surface area contributed by atoms with Crippen LogP contribution in [0, 0.1) is 0 Å². The maximum absolute atomic E-state index is 12.5. The third kappa shape index (κ3) is 5.39. The summed E-state index contributed by atoms with van der Waals surface area (Å²) in [6.45, 7) is 2.08. The molecule has 2 amide bonds. The number of aromatic nitrogens is 2. The molecule has 0 saturated carbocycles. The van der Waals surface area contributed by atoms with Crippen molar-refractivity contribution in [2.75, 3.05) is 30.3 Å². The second-order valence-corrected chi connectivity index (χ2v) is 10.2. The molecule has 1 saturated heterocycles. The van der Waals surface area contributed by atoms with E-state index < -0.39 is 9.84 Å². The van der Waals surface area contributed by atoms with Gasteiger partial charge in [0.15, 0.2) is 15.0 Å². The van der Waals surface area contributed by atoms with Crippen LogP contribution in [0.4, 0.5) is 0 Å². The van der Waals surface area contributed by atoms with Crippen molar-refractivity contribution in [2.24, 2.45) is 0 Å². The Kier molecular flexibility index (Phi) is 6.51. The first-order valence-corrected chi connectivity index (χ1v) is 12.0. The van der Waals surface area contributed by atoms with Crippen molar-refractivity contribution in [1.82, 2.24) is 20.2 Å². The summed E-state index contributed by atoms with van der Waals surface area (Å²) in [4.78, 5) is 33.6. The average molecular weight is 445 g/mol. The van der Waals surface area contributed by atoms with Crippen LogP contribution in [0.5, 0.6) is 0 Å². The maximum Gasteiger partial charge on any atom is 0.239 e. The fourth-order valence-corrected chi connectivity index (χ4v) is 5.61. The van der Waals surface area contributed by atoms with Gasteiger partial charge < -0.3 is 15.2 Å². The maximum atomic E-state index is 12.5. The number of amides is 2. The molecule has 0 spiro atoms. The van der Waals surface area contributed by atoms with E-state index in [1.54, 1.807) is 25.1 Å². The Bertz CT molecular complexity index is 992. The fraction of sp³-hybridized carbons (Fsp3) is 0.471. The summed E-state index contributed by atoms with van der Waals surface area (Å²) in [6.07, 6.45) is 0.417. The van der Waals surface area contributed by atoms with Gasteiger partial charge >= 0.3 is 0 Å². The van der Waals surface area contributed by atoms with Crippen LogP contribution in [0.15, 0.2) is 23.4 Å². The number of likely N-dealkylation sites (N-methyl/N-ethyl adjacent to an activating group) is 1. The van der Waals surface area contributed by atoms with E-state index in [4.69, 9.17) is 11.6 Å². The highest BCUT2D eigenvalue weighted by molar-refractivity contribution is 7.99. The number of rotatable bonds is 7. The van der Waals surface area contributed by atoms with E-state index in [1.165, 1.54) is 16.7 Å². The van der Waals surface area contributed by atoms with E-state index in [0.29, 0.717) is 23.1 Å². The number of fused-ring (bicyclic) bond motifs is 1. The Morgan fingerprint density at radius 3 is 2.89 bits per heavy atom. The van der Waals surface area contributed by atoms with Gasteiger partial charge in [-0.2, -0.15) is 0 Å². The predicted molar refractivity (Wildman–Crippen MR) is 109 cm³/mol. The molecular weight excluding hydrogens is 424 g/mol. The van der Waals surface area contributed by atoms with Crippen molar-refractivity contribution in [1.29, 1.82) is 0 Å². The lowest BCUT2D eigenvalue weighted by atomic mass is 10.2. The van der Waals surface area contributed by atoms with Gasteiger partial charge in [-0.3, -0.25) is 9.59 Å². The summed E-state index contributed by atoms with van der Waals surface area (Å²) in [5.41, 5.74) is 1.55. The summed E-state index contributed by atoms with van der Waals surface area (Å²) in [7, 11) is -3.06. The first-order chi connectivity index (χ1) is 13.3. The topological polar surface area (TPSA) is 112 Å². The lowest BCUT2D eigenvalue weighted by molar-refractivity contribution is -0.134. The lowest BCUT2D eigenvalue weighted by Gasteiger charge is -2.21. The number of H-pyrrole nitrogens is 1. The number of sulfone groups is 1. The number of aromatic amines is 1. The van der Waals surface area contributed by atoms with Crippen LogP contribution in [0.3, 0.4) is 0 Å². The summed E-state index contributed by atoms with van der Waals surface area (Å²) in [5, 5.41) is 3.90. The number of imidazole rings is 1. The standard InChI is InChI=1S/C17H21ClN4O4S2/c1-2-22(8-15(23)19-12-5-6-28(25,26)10-12)16(24)9-27-17-20-13-4-3-11(18)7-14(13)21-17/h3-4,7,12H,2,5-6,8-10H2,1H3,(H,19,23)(H,20,21). The number of carbonyl (C=O) groups excluding carboxylic acids is 2. The third-order valence-electron chi connectivity index (χ3n) is 4.42. The minimum absolute atomic E-state index is 0.0370. The van der Waals surface area contributed by atoms with Gasteiger partial charge in [-0.05, 0) is 31.5 Å². The Labute approximate surface area is 172 Å². The first kappa shape index (κ1) is 20.9. The van der Waals surface area contributed by atoms with Crippen LogP contribution >= 0.6 is 23.4 Å². The van der Waals surface area contributed by atoms with Gasteiger partial charge in [-0.25, -0.2) is 13.4 Å². The number of halogens is 1. The number of hydrogen-bond donors (Lipinski definition) is 2. The molecule has 1 aromatic carbocycles. The molecule has 1 aliphatic heterocycles. The van der Waals surface area contributed by atoms with Gasteiger partial charge in [0, 0.05) is 17.6 Å². The van der Waals surface area contributed by atoms with Crippen molar-refractivity contribution in [3.8, 4) is 0 Å². The number of benzene rings is 1. The molecule has 1 aliphatic rings. The number of nitrogens with zero attached hydrogens (tertiary/aromatic N) is 2. The minimum Gasteiger partial charge on any atom is -0.351 e. The van der Waals surface area contributed by atoms with E-state index in [2.05, 4.69) is 15.3 Å². The van der Waals surface area contributed by atoms with Crippen molar-refractivity contribution in [2.45, 2.75) is 24.5 Å². The molecule has 0 bridgehead atoms. The third-order valence-corrected chi connectivity index (χ3v) is 7.28. The van der Waals surface area contributed by atoms with Gasteiger partial charge in [-0.15, -0.1) is 0 Å². The molecular formula is C17H21ClN4O4S2. The molecule has 1 atom stereocenters.